The van der Waals surface area contributed by atoms with E-state index in [4.69, 9.17) is 9.47 Å². The highest BCUT2D eigenvalue weighted by Crippen LogP contribution is 2.31. The molecule has 0 bridgehead atoms. The van der Waals surface area contributed by atoms with Crippen LogP contribution in [0.5, 0.6) is 11.5 Å². The van der Waals surface area contributed by atoms with E-state index in [9.17, 15) is 9.59 Å². The minimum atomic E-state index is -0.281. The van der Waals surface area contributed by atoms with E-state index in [2.05, 4.69) is 6.58 Å². The number of hydrogen-bond acceptors (Lipinski definition) is 4. The van der Waals surface area contributed by atoms with E-state index in [-0.39, 0.29) is 17.3 Å². The molecule has 0 unspecified atom stereocenters. The number of hydrogen-bond donors (Lipinski definition) is 0. The smallest absolute Gasteiger partial charge is 0.332 e. The molecule has 0 N–H and O–H groups in total. The Morgan fingerprint density at radius 2 is 1.76 bits per heavy atom. The van der Waals surface area contributed by atoms with Crippen molar-refractivity contribution < 1.29 is 9.47 Å². The van der Waals surface area contributed by atoms with Gasteiger partial charge in [0.1, 0.15) is 0 Å². The van der Waals surface area contributed by atoms with Crippen molar-refractivity contribution in [3.05, 3.63) is 45.6 Å². The molecule has 0 spiro atoms. The van der Waals surface area contributed by atoms with E-state index >= 15 is 0 Å². The molecule has 1 fully saturated rings. The fraction of sp³-hybridized carbons (Fsp3) is 0.474. The number of methoxy groups -OCH3 is 2. The monoisotopic (exact) mass is 344 g/mol. The van der Waals surface area contributed by atoms with Crippen LogP contribution in [0.4, 0.5) is 0 Å². The van der Waals surface area contributed by atoms with Crippen LogP contribution >= 0.6 is 0 Å². The second kappa shape index (κ2) is 7.17. The summed E-state index contributed by atoms with van der Waals surface area (Å²) in [6, 6.07) is 3.31. The predicted octanol–water partition coefficient (Wildman–Crippen LogP) is 2.87. The largest absolute Gasteiger partial charge is 0.493 e. The minimum Gasteiger partial charge on any atom is -0.493 e. The summed E-state index contributed by atoms with van der Waals surface area (Å²) >= 11 is 0. The zero-order chi connectivity index (χ0) is 18.0. The summed E-state index contributed by atoms with van der Waals surface area (Å²) < 4.78 is 13.7. The van der Waals surface area contributed by atoms with Gasteiger partial charge in [0.05, 0.1) is 25.1 Å². The SMILES string of the molecule is C=CCn1c(=O)n(C2CCCCC2)c(=O)c2cc(OC)c(OC)cc21. The van der Waals surface area contributed by atoms with Crippen LogP contribution < -0.4 is 20.7 Å². The third-order valence-electron chi connectivity index (χ3n) is 4.93. The van der Waals surface area contributed by atoms with Gasteiger partial charge in [-0.3, -0.25) is 13.9 Å². The van der Waals surface area contributed by atoms with Crippen molar-refractivity contribution in [3.63, 3.8) is 0 Å². The highest BCUT2D eigenvalue weighted by molar-refractivity contribution is 5.82. The van der Waals surface area contributed by atoms with Gasteiger partial charge >= 0.3 is 5.69 Å². The number of nitrogens with zero attached hydrogens (tertiary/aromatic N) is 2. The summed E-state index contributed by atoms with van der Waals surface area (Å²) in [6.45, 7) is 4.07. The quantitative estimate of drug-likeness (QED) is 0.783. The normalized spacial score (nSPS) is 15.3. The highest BCUT2D eigenvalue weighted by atomic mass is 16.5. The number of ether oxygens (including phenoxy) is 2. The lowest BCUT2D eigenvalue weighted by atomic mass is 9.95. The Bertz CT molecular complexity index is 904. The van der Waals surface area contributed by atoms with E-state index in [1.807, 2.05) is 0 Å². The summed E-state index contributed by atoms with van der Waals surface area (Å²) in [6.07, 6.45) is 6.63. The minimum absolute atomic E-state index is 0.0395. The summed E-state index contributed by atoms with van der Waals surface area (Å²) in [5.41, 5.74) is 0.00398. The molecule has 3 rings (SSSR count). The number of allylic oxidation sites excluding steroid dienone is 1. The van der Waals surface area contributed by atoms with Gasteiger partial charge in [-0.1, -0.05) is 25.3 Å². The van der Waals surface area contributed by atoms with Gasteiger partial charge in [0.25, 0.3) is 5.56 Å². The van der Waals surface area contributed by atoms with Crippen molar-refractivity contribution in [2.75, 3.05) is 14.2 Å². The third kappa shape index (κ3) is 2.97. The lowest BCUT2D eigenvalue weighted by Gasteiger charge is -2.25. The lowest BCUT2D eigenvalue weighted by molar-refractivity contribution is 0.332. The van der Waals surface area contributed by atoms with Crippen LogP contribution in [0.2, 0.25) is 0 Å². The van der Waals surface area contributed by atoms with Crippen LogP contribution in [0.15, 0.2) is 34.4 Å². The van der Waals surface area contributed by atoms with E-state index in [1.165, 1.54) is 18.8 Å². The molecule has 25 heavy (non-hydrogen) atoms. The van der Waals surface area contributed by atoms with Crippen LogP contribution in [-0.2, 0) is 6.54 Å². The molecule has 134 valence electrons. The molecule has 1 aromatic carbocycles. The first-order valence-corrected chi connectivity index (χ1v) is 8.64. The Morgan fingerprint density at radius 1 is 1.12 bits per heavy atom. The Labute approximate surface area is 146 Å². The summed E-state index contributed by atoms with van der Waals surface area (Å²) in [5, 5.41) is 0.463. The molecule has 0 radical (unpaired) electrons. The molecule has 1 heterocycles. The van der Waals surface area contributed by atoms with E-state index in [0.29, 0.717) is 28.9 Å². The van der Waals surface area contributed by atoms with Crippen LogP contribution in [0.25, 0.3) is 10.9 Å². The molecule has 6 nitrogen and oxygen atoms in total. The zero-order valence-electron chi connectivity index (χ0n) is 14.8. The van der Waals surface area contributed by atoms with E-state index in [0.717, 1.165) is 32.1 Å². The van der Waals surface area contributed by atoms with Crippen LogP contribution in [0.3, 0.4) is 0 Å². The number of benzene rings is 1. The fourth-order valence-electron chi connectivity index (χ4n) is 3.68. The van der Waals surface area contributed by atoms with Crippen molar-refractivity contribution in [2.24, 2.45) is 0 Å². The first kappa shape index (κ1) is 17.3. The molecule has 1 saturated carbocycles. The fourth-order valence-corrected chi connectivity index (χ4v) is 3.68. The first-order chi connectivity index (χ1) is 12.1. The molecule has 1 aliphatic carbocycles. The molecule has 6 heteroatoms. The van der Waals surface area contributed by atoms with Gasteiger partial charge in [-0.15, -0.1) is 6.58 Å². The van der Waals surface area contributed by atoms with E-state index < -0.39 is 0 Å². The molecule has 0 aliphatic heterocycles. The van der Waals surface area contributed by atoms with Gasteiger partial charge in [0, 0.05) is 18.7 Å². The first-order valence-electron chi connectivity index (χ1n) is 8.64. The van der Waals surface area contributed by atoms with Gasteiger partial charge in [0.15, 0.2) is 11.5 Å². The average Bonchev–Trinajstić information content (AvgIpc) is 2.65. The summed E-state index contributed by atoms with van der Waals surface area (Å²) in [5.74, 6) is 0.966. The van der Waals surface area contributed by atoms with Crippen LogP contribution in [0.1, 0.15) is 38.1 Å². The standard InChI is InChI=1S/C19H24N2O4/c1-4-10-20-15-12-17(25-3)16(24-2)11-14(15)18(22)21(19(20)23)13-8-6-5-7-9-13/h4,11-13H,1,5-10H2,2-3H3. The molecular weight excluding hydrogens is 320 g/mol. The second-order valence-electron chi connectivity index (χ2n) is 6.37. The van der Waals surface area contributed by atoms with E-state index in [1.54, 1.807) is 22.8 Å². The Balaban J connectivity index is 2.36. The third-order valence-corrected chi connectivity index (χ3v) is 4.93. The zero-order valence-corrected chi connectivity index (χ0v) is 14.8. The molecule has 0 saturated heterocycles. The number of rotatable bonds is 5. The van der Waals surface area contributed by atoms with Crippen molar-refractivity contribution in [1.82, 2.24) is 9.13 Å². The molecule has 2 aromatic rings. The predicted molar refractivity (Wildman–Crippen MR) is 97.9 cm³/mol. The van der Waals surface area contributed by atoms with Crippen LogP contribution in [0, 0.1) is 0 Å². The molecule has 1 aromatic heterocycles. The Kier molecular flexibility index (Phi) is 4.97. The van der Waals surface area contributed by atoms with Gasteiger partial charge in [-0.05, 0) is 18.9 Å². The highest BCUT2D eigenvalue weighted by Gasteiger charge is 2.23. The summed E-state index contributed by atoms with van der Waals surface area (Å²) in [7, 11) is 3.06. The Hall–Kier alpha value is -2.50. The van der Waals surface area contributed by atoms with Crippen molar-refractivity contribution >= 4 is 10.9 Å². The van der Waals surface area contributed by atoms with Crippen molar-refractivity contribution in [2.45, 2.75) is 44.7 Å². The maximum absolute atomic E-state index is 13.1. The maximum Gasteiger partial charge on any atom is 0.332 e. The average molecular weight is 344 g/mol. The van der Waals surface area contributed by atoms with Crippen LogP contribution in [-0.4, -0.2) is 23.4 Å². The van der Waals surface area contributed by atoms with Gasteiger partial charge in [0.2, 0.25) is 0 Å². The Morgan fingerprint density at radius 3 is 2.36 bits per heavy atom. The van der Waals surface area contributed by atoms with Gasteiger partial charge in [-0.2, -0.15) is 0 Å². The van der Waals surface area contributed by atoms with Gasteiger partial charge < -0.3 is 9.47 Å². The summed E-state index contributed by atoms with van der Waals surface area (Å²) in [4.78, 5) is 26.2. The van der Waals surface area contributed by atoms with Gasteiger partial charge in [-0.25, -0.2) is 4.79 Å². The maximum atomic E-state index is 13.1. The molecule has 1 aliphatic rings. The topological polar surface area (TPSA) is 62.5 Å². The van der Waals surface area contributed by atoms with Crippen molar-refractivity contribution in [3.8, 4) is 11.5 Å². The molecule has 0 amide bonds. The molecule has 0 atom stereocenters. The number of fused-ring (bicyclic) bond motifs is 1. The lowest BCUT2D eigenvalue weighted by Crippen LogP contribution is -2.42. The second-order valence-corrected chi connectivity index (χ2v) is 6.37. The van der Waals surface area contributed by atoms with Crippen molar-refractivity contribution in [1.29, 1.82) is 0 Å². The number of aromatic nitrogens is 2. The molecular formula is C19H24N2O4.